The number of ether oxygens (including phenoxy) is 3. The van der Waals surface area contributed by atoms with Crippen LogP contribution in [0.25, 0.3) is 0 Å². The van der Waals surface area contributed by atoms with E-state index in [1.54, 1.807) is 30.3 Å². The van der Waals surface area contributed by atoms with Crippen LogP contribution in [-0.4, -0.2) is 66.8 Å². The van der Waals surface area contributed by atoms with E-state index in [9.17, 15) is 14.7 Å². The number of amides is 3. The fraction of sp³-hybridized carbons (Fsp3) is 0.292. The van der Waals surface area contributed by atoms with Crippen LogP contribution in [0.1, 0.15) is 71.7 Å². The Morgan fingerprint density at radius 2 is 1.64 bits per heavy atom. The van der Waals surface area contributed by atoms with Crippen molar-refractivity contribution in [2.75, 3.05) is 31.8 Å². The number of fused-ring (bicyclic) bond motifs is 3. The average Bonchev–Trinajstić information content (AvgIpc) is 3.72. The molecule has 1 aliphatic carbocycles. The molecule has 2 fully saturated rings. The molecule has 11 heteroatoms. The molecule has 0 radical (unpaired) electrons. The molecule has 6 atom stereocenters. The van der Waals surface area contributed by atoms with Gasteiger partial charge in [-0.1, -0.05) is 96.8 Å². The molecule has 8 rings (SSSR count). The number of aromatic hydroxyl groups is 1. The van der Waals surface area contributed by atoms with Crippen molar-refractivity contribution < 1.29 is 38.5 Å². The number of benzene rings is 4. The number of imide groups is 1. The number of hydrogen-bond acceptors (Lipinski definition) is 9. The Labute approximate surface area is 343 Å². The third-order valence-corrected chi connectivity index (χ3v) is 11.7. The van der Waals surface area contributed by atoms with E-state index in [1.807, 2.05) is 65.6 Å². The molecular weight excluding hydrogens is 747 g/mol. The van der Waals surface area contributed by atoms with Crippen LogP contribution in [0.15, 0.2) is 127 Å². The second-order valence-electron chi connectivity index (χ2n) is 15.1. The highest BCUT2D eigenvalue weighted by Crippen LogP contribution is 2.66. The zero-order valence-corrected chi connectivity index (χ0v) is 32.7. The number of cyclic esters (lactones) is 1. The molecule has 3 heterocycles. The van der Waals surface area contributed by atoms with E-state index in [1.165, 1.54) is 25.3 Å². The lowest BCUT2D eigenvalue weighted by atomic mass is 9.65. The molecule has 1 spiro atoms. The molecule has 2 saturated heterocycles. The maximum atomic E-state index is 16.0. The minimum Gasteiger partial charge on any atom is -0.508 e. The Morgan fingerprint density at radius 3 is 2.32 bits per heavy atom. The van der Waals surface area contributed by atoms with Crippen LogP contribution in [0.2, 0.25) is 0 Å². The van der Waals surface area contributed by atoms with E-state index in [-0.39, 0.29) is 31.2 Å². The molecule has 4 aromatic carbocycles. The van der Waals surface area contributed by atoms with Gasteiger partial charge in [0.25, 0.3) is 0 Å². The first-order valence-electron chi connectivity index (χ1n) is 19.9. The third kappa shape index (κ3) is 6.98. The van der Waals surface area contributed by atoms with Gasteiger partial charge in [-0.3, -0.25) is 19.3 Å². The van der Waals surface area contributed by atoms with Crippen molar-refractivity contribution in [2.45, 2.75) is 55.3 Å². The number of rotatable bonds is 9. The number of carbonyl (C=O) groups excluding carboxylic acids is 4. The first kappa shape index (κ1) is 39.4. The van der Waals surface area contributed by atoms with Crippen LogP contribution in [-0.2, 0) is 34.0 Å². The zero-order chi connectivity index (χ0) is 41.1. The van der Waals surface area contributed by atoms with E-state index >= 15 is 9.59 Å². The highest BCUT2D eigenvalue weighted by Gasteiger charge is 2.75. The number of hydrogen-bond donors (Lipinski definition) is 2. The number of carbonyl (C=O) groups is 4. The van der Waals surface area contributed by atoms with Crippen molar-refractivity contribution in [3.63, 3.8) is 0 Å². The number of phenols is 1. The Kier molecular flexibility index (Phi) is 11.2. The number of esters is 1. The van der Waals surface area contributed by atoms with Gasteiger partial charge < -0.3 is 24.6 Å². The number of anilines is 1. The molecule has 0 unspecified atom stereocenters. The van der Waals surface area contributed by atoms with Gasteiger partial charge >= 0.3 is 12.1 Å². The Hall–Kier alpha value is -6.48. The van der Waals surface area contributed by atoms with Gasteiger partial charge in [0, 0.05) is 19.2 Å². The molecule has 3 amide bonds. The van der Waals surface area contributed by atoms with Crippen LogP contribution in [0.3, 0.4) is 0 Å². The Balaban J connectivity index is 1.44. The highest BCUT2D eigenvalue weighted by molar-refractivity contribution is 6.23. The first-order valence-corrected chi connectivity index (χ1v) is 19.9. The van der Waals surface area contributed by atoms with Crippen molar-refractivity contribution in [3.8, 4) is 17.6 Å². The fourth-order valence-corrected chi connectivity index (χ4v) is 9.29. The monoisotopic (exact) mass is 791 g/mol. The van der Waals surface area contributed by atoms with Gasteiger partial charge in [0.15, 0.2) is 0 Å². The molecule has 4 aromatic rings. The van der Waals surface area contributed by atoms with Gasteiger partial charge in [-0.25, -0.2) is 9.69 Å². The van der Waals surface area contributed by atoms with Crippen molar-refractivity contribution in [1.82, 2.24) is 10.2 Å². The molecule has 0 saturated carbocycles. The fourth-order valence-electron chi connectivity index (χ4n) is 9.29. The maximum Gasteiger partial charge on any atom is 0.421 e. The van der Waals surface area contributed by atoms with Gasteiger partial charge in [0.2, 0.25) is 11.8 Å². The topological polar surface area (TPSA) is 135 Å². The predicted molar refractivity (Wildman–Crippen MR) is 220 cm³/mol. The van der Waals surface area contributed by atoms with E-state index in [2.05, 4.69) is 29.8 Å². The number of methoxy groups -OCH3 is 1. The second kappa shape index (κ2) is 16.8. The normalized spacial score (nSPS) is 24.6. The lowest BCUT2D eigenvalue weighted by molar-refractivity contribution is -0.178. The number of nitrogens with one attached hydrogen (secondary N) is 1. The predicted octanol–water partition coefficient (Wildman–Crippen LogP) is 6.99. The van der Waals surface area contributed by atoms with Crippen LogP contribution in [0.4, 0.5) is 10.5 Å². The maximum absolute atomic E-state index is 16.0. The smallest absolute Gasteiger partial charge is 0.421 e. The minimum atomic E-state index is -1.96. The van der Waals surface area contributed by atoms with Crippen LogP contribution in [0.5, 0.6) is 5.75 Å². The molecule has 2 N–H and O–H groups in total. The molecule has 3 aliphatic heterocycles. The van der Waals surface area contributed by atoms with Gasteiger partial charge in [-0.2, -0.15) is 0 Å². The average molecular weight is 792 g/mol. The Bertz CT molecular complexity index is 2350. The molecule has 0 aromatic heterocycles. The summed E-state index contributed by atoms with van der Waals surface area (Å²) in [4.78, 5) is 63.2. The largest absolute Gasteiger partial charge is 0.508 e. The zero-order valence-electron chi connectivity index (χ0n) is 32.7. The summed E-state index contributed by atoms with van der Waals surface area (Å²) in [6.45, 7) is 3.78. The number of nitrogens with zero attached hydrogens (tertiary/aromatic N) is 2. The number of phenolic OH excluding ortho intramolecular Hbond substituents is 1. The lowest BCUT2D eigenvalue weighted by Gasteiger charge is -2.46. The number of allylic oxidation sites excluding steroid dienone is 2. The van der Waals surface area contributed by atoms with Crippen molar-refractivity contribution in [1.29, 1.82) is 0 Å². The summed E-state index contributed by atoms with van der Waals surface area (Å²) in [6, 6.07) is 27.3. The Morgan fingerprint density at radius 1 is 0.915 bits per heavy atom. The van der Waals surface area contributed by atoms with Gasteiger partial charge in [0.1, 0.15) is 29.9 Å². The molecule has 11 nitrogen and oxygen atoms in total. The van der Waals surface area contributed by atoms with Crippen molar-refractivity contribution in [2.24, 2.45) is 5.92 Å². The summed E-state index contributed by atoms with van der Waals surface area (Å²) in [5, 5.41) is 13.5. The molecule has 300 valence electrons. The van der Waals surface area contributed by atoms with Gasteiger partial charge in [0.05, 0.1) is 30.3 Å². The van der Waals surface area contributed by atoms with E-state index in [4.69, 9.17) is 14.2 Å². The number of morpholine rings is 1. The molecule has 0 bridgehead atoms. The molecule has 4 aliphatic rings. The second-order valence-corrected chi connectivity index (χ2v) is 15.1. The third-order valence-electron chi connectivity index (χ3n) is 11.7. The highest BCUT2D eigenvalue weighted by atomic mass is 16.6. The van der Waals surface area contributed by atoms with Crippen LogP contribution < -0.4 is 10.2 Å². The van der Waals surface area contributed by atoms with E-state index < -0.39 is 59.4 Å². The molecular formula is C48H45N3O8. The molecule has 59 heavy (non-hydrogen) atoms. The summed E-state index contributed by atoms with van der Waals surface area (Å²) in [5.74, 6) is 3.06. The summed E-state index contributed by atoms with van der Waals surface area (Å²) < 4.78 is 17.2. The van der Waals surface area contributed by atoms with E-state index in [0.29, 0.717) is 22.3 Å². The van der Waals surface area contributed by atoms with Gasteiger partial charge in [-0.05, 0) is 83.8 Å². The van der Waals surface area contributed by atoms with Crippen molar-refractivity contribution >= 4 is 29.6 Å². The van der Waals surface area contributed by atoms with Crippen molar-refractivity contribution in [3.05, 3.63) is 155 Å². The standard InChI is InChI=1S/C48H45N3O8/c1-3-27-49-44(53)39-41-45(54)59-42(34-17-11-6-12-18-34)40(33-15-9-5-10-16-33)51(41)43(35-22-24-36(52)25-23-35)48(39)37-30-32(20-19-31-13-7-4-8-14-31)21-26-38(37)50(46(48)55)47(56)58-29-28-57-2/h3,5-6,9-13,15-18,21-26,30,39-43,52H,1,4,7-8,14,27-29H2,2H3,(H,49,53)/t39-,40-,41-,42+,43+,48-/m0/s1. The summed E-state index contributed by atoms with van der Waals surface area (Å²) in [6.07, 6.45) is 5.78. The lowest BCUT2D eigenvalue weighted by Crippen LogP contribution is -2.55. The quantitative estimate of drug-likeness (QED) is 0.0796. The van der Waals surface area contributed by atoms with Crippen LogP contribution >= 0.6 is 0 Å². The minimum absolute atomic E-state index is 0.0199. The van der Waals surface area contributed by atoms with E-state index in [0.717, 1.165) is 41.7 Å². The summed E-state index contributed by atoms with van der Waals surface area (Å²) in [5.41, 5.74) is 2.16. The SMILES string of the molecule is C=CCNC(=O)[C@@H]1[C@H]2C(=O)O[C@H](c3ccccc3)[C@H](c3ccccc3)N2[C@H](c2ccc(O)cc2)[C@@]12C(=O)N(C(=O)OCCOC)c1ccc(C#CC3=CCCCC3)cc12. The first-order chi connectivity index (χ1) is 28.8. The van der Waals surface area contributed by atoms with Crippen LogP contribution in [0, 0.1) is 17.8 Å². The van der Waals surface area contributed by atoms with Gasteiger partial charge in [-0.15, -0.1) is 6.58 Å². The summed E-state index contributed by atoms with van der Waals surface area (Å²) >= 11 is 0. The summed E-state index contributed by atoms with van der Waals surface area (Å²) in [7, 11) is 1.47.